The fourth-order valence-electron chi connectivity index (χ4n) is 3.10. The molecular weight excluding hydrogens is 790 g/mol. The molecule has 0 saturated carbocycles. The van der Waals surface area contributed by atoms with Gasteiger partial charge in [-0.25, -0.2) is 12.8 Å². The zero-order chi connectivity index (χ0) is 40.8. The summed E-state index contributed by atoms with van der Waals surface area (Å²) in [4.78, 5) is 12.0. The lowest BCUT2D eigenvalue weighted by atomic mass is 9.88. The molecule has 7 nitrogen and oxygen atoms in total. The van der Waals surface area contributed by atoms with Gasteiger partial charge in [-0.05, 0) is 13.8 Å². The van der Waals surface area contributed by atoms with Crippen molar-refractivity contribution in [2.75, 3.05) is 46.1 Å². The number of amides is 1. The molecule has 1 N–H and O–H groups in total. The van der Waals surface area contributed by atoms with E-state index in [9.17, 15) is 96.8 Å². The van der Waals surface area contributed by atoms with Crippen LogP contribution in [0, 0.1) is 5.92 Å². The summed E-state index contributed by atoms with van der Waals surface area (Å²) in [7, 11) is -0.690. The molecule has 2 unspecified atom stereocenters. The Hall–Kier alpha value is -1.61. The molecular formula is C23H32F18N2O5S2. The van der Waals surface area contributed by atoms with Gasteiger partial charge in [-0.1, -0.05) is 6.92 Å². The minimum absolute atomic E-state index is 0.0841. The van der Waals surface area contributed by atoms with Crippen molar-refractivity contribution >= 4 is 28.1 Å². The first-order valence-corrected chi connectivity index (χ1v) is 15.8. The highest BCUT2D eigenvalue weighted by molar-refractivity contribution is 7.99. The monoisotopic (exact) mass is 822 g/mol. The molecule has 0 aliphatic rings. The van der Waals surface area contributed by atoms with Crippen LogP contribution in [0.15, 0.2) is 0 Å². The van der Waals surface area contributed by atoms with Crippen molar-refractivity contribution in [1.82, 2.24) is 5.32 Å². The summed E-state index contributed by atoms with van der Waals surface area (Å²) in [6.07, 6.45) is -10.6. The fraction of sp³-hybridized carbons (Fsp3) is 0.957. The lowest BCUT2D eigenvalue weighted by Crippen LogP contribution is -2.74. The molecule has 0 rings (SSSR count). The van der Waals surface area contributed by atoms with Crippen molar-refractivity contribution in [2.45, 2.75) is 86.8 Å². The third-order valence-electron chi connectivity index (χ3n) is 6.54. The molecule has 50 heavy (non-hydrogen) atoms. The molecule has 27 heteroatoms. The number of rotatable bonds is 19. The summed E-state index contributed by atoms with van der Waals surface area (Å²) < 4.78 is 273. The average molecular weight is 823 g/mol. The number of carbonyl (C=O) groups is 1. The van der Waals surface area contributed by atoms with Gasteiger partial charge in [0, 0.05) is 24.6 Å². The molecule has 0 spiro atoms. The summed E-state index contributed by atoms with van der Waals surface area (Å²) in [5, 5.41) is 2.37. The van der Waals surface area contributed by atoms with Crippen LogP contribution in [0.5, 0.6) is 0 Å². The molecule has 0 aromatic rings. The maximum Gasteiger partial charge on any atom is 0.460 e. The molecule has 0 bridgehead atoms. The van der Waals surface area contributed by atoms with Crippen molar-refractivity contribution < 1.29 is 105 Å². The van der Waals surface area contributed by atoms with Crippen LogP contribution in [0.3, 0.4) is 0 Å². The lowest BCUT2D eigenvalue weighted by Gasteiger charge is -2.42. The van der Waals surface area contributed by atoms with Crippen LogP contribution >= 0.6 is 11.8 Å². The highest BCUT2D eigenvalue weighted by Gasteiger charge is 2.95. The Balaban J connectivity index is 0. The third-order valence-corrected chi connectivity index (χ3v) is 8.28. The van der Waals surface area contributed by atoms with Crippen LogP contribution in [-0.2, 0) is 19.4 Å². The highest BCUT2D eigenvalue weighted by atomic mass is 32.3. The normalized spacial score (nSPS) is 16.0. The number of hydrogen-bond acceptors (Lipinski definition) is 6. The van der Waals surface area contributed by atoms with Gasteiger partial charge in [0.1, 0.15) is 0 Å². The van der Waals surface area contributed by atoms with Gasteiger partial charge in [-0.15, -0.1) is 11.8 Å². The standard InChI is InChI=1S/C21H26F18N2OS.C2H6O4S/c1-5-41(3,4)8-6-7-40-13(42)11(2)10-43-12(22)9-14(23,24)15(25,26)16(27,28)17(29,30)18(31,32)19(33,34)20(35,36)21(37,38)39;1-2-6-7(3,4)5/h11-12H,5-10H2,1-4H3;2H2,1H3,(H,3,4,5). The zero-order valence-corrected chi connectivity index (χ0v) is 27.8. The van der Waals surface area contributed by atoms with Crippen LogP contribution in [-0.4, -0.2) is 123 Å². The van der Waals surface area contributed by atoms with Crippen molar-refractivity contribution in [3.05, 3.63) is 0 Å². The van der Waals surface area contributed by atoms with Gasteiger partial charge in [0.2, 0.25) is 16.3 Å². The van der Waals surface area contributed by atoms with Crippen LogP contribution in [0.4, 0.5) is 79.0 Å². The highest BCUT2D eigenvalue weighted by Crippen LogP contribution is 2.64. The van der Waals surface area contributed by atoms with Crippen LogP contribution in [0.1, 0.15) is 33.6 Å². The molecule has 0 heterocycles. The summed E-state index contributed by atoms with van der Waals surface area (Å²) in [5.74, 6) is -60.4. The molecule has 0 aromatic heterocycles. The summed E-state index contributed by atoms with van der Waals surface area (Å²) in [6, 6.07) is 0. The Labute approximate surface area is 278 Å². The Kier molecular flexibility index (Phi) is 17.2. The van der Waals surface area contributed by atoms with E-state index in [0.717, 1.165) is 13.5 Å². The van der Waals surface area contributed by atoms with E-state index < -0.39 is 99.3 Å². The van der Waals surface area contributed by atoms with Gasteiger partial charge in [0.05, 0.1) is 40.2 Å². The number of nitrogens with zero attached hydrogens (tertiary/aromatic N) is 1. The molecule has 0 radical (unpaired) electrons. The Bertz CT molecular complexity index is 1200. The topological polar surface area (TPSA) is 95.5 Å². The first-order chi connectivity index (χ1) is 21.8. The molecule has 1 amide bonds. The second kappa shape index (κ2) is 17.0. The summed E-state index contributed by atoms with van der Waals surface area (Å²) >= 11 is -0.432. The SMILES string of the molecule is CCOS(=O)(=O)[O-].CC[N+](C)(C)CCCNC(=O)C(C)CSC(F)CC(F)(F)C(F)(F)C(F)(F)C(F)(F)C(F)(F)C(F)(F)C(F)(F)C(F)(F)F. The van der Waals surface area contributed by atoms with Crippen LogP contribution < -0.4 is 5.32 Å². The molecule has 0 aliphatic carbocycles. The van der Waals surface area contributed by atoms with E-state index in [-0.39, 0.29) is 13.2 Å². The summed E-state index contributed by atoms with van der Waals surface area (Å²) in [6.45, 7) is 5.69. The van der Waals surface area contributed by atoms with E-state index in [1.807, 2.05) is 21.0 Å². The van der Waals surface area contributed by atoms with Crippen molar-refractivity contribution in [2.24, 2.45) is 5.92 Å². The van der Waals surface area contributed by atoms with Gasteiger partial charge in [-0.3, -0.25) is 8.98 Å². The maximum atomic E-state index is 14.0. The van der Waals surface area contributed by atoms with Gasteiger partial charge < -0.3 is 14.4 Å². The number of nitrogens with one attached hydrogen (secondary N) is 1. The van der Waals surface area contributed by atoms with E-state index in [2.05, 4.69) is 9.50 Å². The number of halogens is 18. The van der Waals surface area contributed by atoms with E-state index >= 15 is 0 Å². The third kappa shape index (κ3) is 11.7. The minimum Gasteiger partial charge on any atom is -0.726 e. The number of thioether (sulfide) groups is 1. The van der Waals surface area contributed by atoms with Gasteiger partial charge in [0.25, 0.3) is 0 Å². The maximum absolute atomic E-state index is 14.0. The molecule has 0 saturated heterocycles. The zero-order valence-electron chi connectivity index (χ0n) is 26.2. The molecule has 0 aromatic carbocycles. The molecule has 0 aliphatic heterocycles. The lowest BCUT2D eigenvalue weighted by molar-refractivity contribution is -0.888. The van der Waals surface area contributed by atoms with E-state index in [0.29, 0.717) is 17.4 Å². The predicted molar refractivity (Wildman–Crippen MR) is 138 cm³/mol. The van der Waals surface area contributed by atoms with Gasteiger partial charge in [-0.2, -0.15) is 74.6 Å². The molecule has 0 fully saturated rings. The predicted octanol–water partition coefficient (Wildman–Crippen LogP) is 7.14. The number of hydrogen-bond donors (Lipinski definition) is 1. The van der Waals surface area contributed by atoms with E-state index in [1.54, 1.807) is 0 Å². The van der Waals surface area contributed by atoms with E-state index in [1.165, 1.54) is 6.92 Å². The average Bonchev–Trinajstić information content (AvgIpc) is 2.92. The first kappa shape index (κ1) is 50.5. The Morgan fingerprint density at radius 1 is 0.780 bits per heavy atom. The number of quaternary nitrogens is 1. The number of carbonyl (C=O) groups excluding carboxylic acids is 1. The van der Waals surface area contributed by atoms with Gasteiger partial charge >= 0.3 is 47.6 Å². The Morgan fingerprint density at radius 3 is 1.52 bits per heavy atom. The molecule has 302 valence electrons. The fourth-order valence-corrected chi connectivity index (χ4v) is 4.37. The van der Waals surface area contributed by atoms with E-state index in [4.69, 9.17) is 0 Å². The van der Waals surface area contributed by atoms with Gasteiger partial charge in [0.15, 0.2) is 5.50 Å². The largest absolute Gasteiger partial charge is 0.726 e. The Morgan fingerprint density at radius 2 is 1.18 bits per heavy atom. The molecule has 2 atom stereocenters. The quantitative estimate of drug-likeness (QED) is 0.0490. The van der Waals surface area contributed by atoms with Crippen LogP contribution in [0.2, 0.25) is 0 Å². The minimum atomic E-state index is -8.74. The summed E-state index contributed by atoms with van der Waals surface area (Å²) in [5.41, 5.74) is -3.43. The van der Waals surface area contributed by atoms with Crippen molar-refractivity contribution in [1.29, 1.82) is 0 Å². The smallest absolute Gasteiger partial charge is 0.460 e. The van der Waals surface area contributed by atoms with Crippen molar-refractivity contribution in [3.8, 4) is 0 Å². The second-order valence-electron chi connectivity index (χ2n) is 10.9. The second-order valence-corrected chi connectivity index (χ2v) is 13.2. The van der Waals surface area contributed by atoms with Crippen molar-refractivity contribution in [3.63, 3.8) is 0 Å². The van der Waals surface area contributed by atoms with Crippen LogP contribution in [0.25, 0.3) is 0 Å². The number of alkyl halides is 18. The first-order valence-electron chi connectivity index (χ1n) is 13.4.